The van der Waals surface area contributed by atoms with Crippen LogP contribution in [0.3, 0.4) is 0 Å². The smallest absolute Gasteiger partial charge is 0.248 e. The number of ether oxygens (including phenoxy) is 2. The Labute approximate surface area is 136 Å². The number of benzene rings is 1. The van der Waals surface area contributed by atoms with Crippen molar-refractivity contribution in [3.63, 3.8) is 0 Å². The van der Waals surface area contributed by atoms with Crippen LogP contribution < -0.4 is 14.8 Å². The van der Waals surface area contributed by atoms with Gasteiger partial charge in [0.25, 0.3) is 0 Å². The van der Waals surface area contributed by atoms with Gasteiger partial charge in [-0.3, -0.25) is 4.79 Å². The van der Waals surface area contributed by atoms with Crippen LogP contribution in [0.2, 0.25) is 0 Å². The Kier molecular flexibility index (Phi) is 4.24. The lowest BCUT2D eigenvalue weighted by Gasteiger charge is -2.16. The molecule has 1 heterocycles. The van der Waals surface area contributed by atoms with Crippen molar-refractivity contribution in [2.24, 2.45) is 5.92 Å². The second-order valence-corrected chi connectivity index (χ2v) is 5.66. The number of rotatable bonds is 4. The maximum atomic E-state index is 12.3. The number of carbonyl (C=O) groups excluding carboxylic acids is 1. The molecule has 1 amide bonds. The zero-order valence-corrected chi connectivity index (χ0v) is 13.6. The zero-order chi connectivity index (χ0) is 16.4. The summed E-state index contributed by atoms with van der Waals surface area (Å²) >= 11 is 0. The molecule has 1 fully saturated rings. The van der Waals surface area contributed by atoms with E-state index in [1.54, 1.807) is 14.2 Å². The minimum Gasteiger partial charge on any atom is -0.496 e. The van der Waals surface area contributed by atoms with Gasteiger partial charge in [0.2, 0.25) is 5.91 Å². The summed E-state index contributed by atoms with van der Waals surface area (Å²) in [4.78, 5) is 12.3. The molecule has 1 aliphatic heterocycles. The van der Waals surface area contributed by atoms with Gasteiger partial charge in [0.15, 0.2) is 0 Å². The third-order valence-electron chi connectivity index (χ3n) is 4.37. The van der Waals surface area contributed by atoms with E-state index in [2.05, 4.69) is 12.2 Å². The summed E-state index contributed by atoms with van der Waals surface area (Å²) in [5, 5.41) is 3.00. The third-order valence-corrected chi connectivity index (χ3v) is 4.37. The molecule has 4 heteroatoms. The molecule has 0 radical (unpaired) electrons. The molecule has 4 nitrogen and oxygen atoms in total. The fraction of sp³-hybridized carbons (Fsp3) is 0.316. The van der Waals surface area contributed by atoms with Gasteiger partial charge in [-0.05, 0) is 30.2 Å². The van der Waals surface area contributed by atoms with Crippen LogP contribution in [0.5, 0.6) is 11.5 Å². The molecule has 1 aromatic rings. The van der Waals surface area contributed by atoms with E-state index >= 15 is 0 Å². The van der Waals surface area contributed by atoms with Crippen LogP contribution in [-0.4, -0.2) is 26.2 Å². The predicted molar refractivity (Wildman–Crippen MR) is 90.6 cm³/mol. The van der Waals surface area contributed by atoms with Crippen LogP contribution >= 0.6 is 0 Å². The Bertz CT molecular complexity index is 690. The highest BCUT2D eigenvalue weighted by atomic mass is 16.5. The number of fused-ring (bicyclic) bond motifs is 1. The highest BCUT2D eigenvalue weighted by molar-refractivity contribution is 6.02. The van der Waals surface area contributed by atoms with Crippen LogP contribution in [0.15, 0.2) is 42.0 Å². The molecule has 23 heavy (non-hydrogen) atoms. The van der Waals surface area contributed by atoms with Gasteiger partial charge in [0.05, 0.1) is 25.8 Å². The van der Waals surface area contributed by atoms with E-state index in [1.807, 2.05) is 42.5 Å². The Morgan fingerprint density at radius 1 is 1.13 bits per heavy atom. The first kappa shape index (κ1) is 15.4. The van der Waals surface area contributed by atoms with Crippen LogP contribution in [0.25, 0.3) is 6.08 Å². The molecule has 1 N–H and O–H groups in total. The SMILES string of the molecule is CCc1cc(OC)c(/C=C2/C(=O)NC3C=CC=CC23)c(OC)c1. The highest BCUT2D eigenvalue weighted by Crippen LogP contribution is 2.36. The van der Waals surface area contributed by atoms with Crippen molar-refractivity contribution >= 4 is 12.0 Å². The predicted octanol–water partition coefficient (Wildman–Crippen LogP) is 2.89. The van der Waals surface area contributed by atoms with E-state index in [1.165, 1.54) is 0 Å². The van der Waals surface area contributed by atoms with Crippen molar-refractivity contribution in [1.29, 1.82) is 0 Å². The minimum atomic E-state index is -0.0418. The van der Waals surface area contributed by atoms with Crippen molar-refractivity contribution in [2.75, 3.05) is 14.2 Å². The van der Waals surface area contributed by atoms with Crippen molar-refractivity contribution in [3.05, 3.63) is 53.1 Å². The summed E-state index contributed by atoms with van der Waals surface area (Å²) in [6.45, 7) is 2.08. The van der Waals surface area contributed by atoms with E-state index in [0.717, 1.165) is 34.6 Å². The summed E-state index contributed by atoms with van der Waals surface area (Å²) in [6, 6.07) is 4.02. The number of allylic oxidation sites excluding steroid dienone is 2. The van der Waals surface area contributed by atoms with Crippen LogP contribution in [0.4, 0.5) is 0 Å². The Hall–Kier alpha value is -2.49. The minimum absolute atomic E-state index is 0.0330. The number of amides is 1. The standard InChI is InChI=1S/C19H21NO3/c1-4-12-9-17(22-2)15(18(10-12)23-3)11-14-13-7-5-6-8-16(13)20-19(14)21/h5-11,13,16H,4H2,1-3H3,(H,20,21)/b14-11+. The van der Waals surface area contributed by atoms with E-state index in [-0.39, 0.29) is 17.9 Å². The lowest BCUT2D eigenvalue weighted by molar-refractivity contribution is -0.116. The van der Waals surface area contributed by atoms with E-state index in [4.69, 9.17) is 9.47 Å². The second kappa shape index (κ2) is 6.32. The summed E-state index contributed by atoms with van der Waals surface area (Å²) in [6.07, 6.45) is 10.8. The molecule has 120 valence electrons. The highest BCUT2D eigenvalue weighted by Gasteiger charge is 2.35. The molecule has 0 spiro atoms. The molecule has 2 aliphatic rings. The molecule has 1 aliphatic carbocycles. The van der Waals surface area contributed by atoms with Crippen LogP contribution in [0, 0.1) is 5.92 Å². The monoisotopic (exact) mass is 311 g/mol. The Morgan fingerprint density at radius 2 is 1.78 bits per heavy atom. The Balaban J connectivity index is 2.09. The van der Waals surface area contributed by atoms with Crippen molar-refractivity contribution in [1.82, 2.24) is 5.32 Å². The first-order valence-corrected chi connectivity index (χ1v) is 7.80. The molecule has 2 unspecified atom stereocenters. The number of carbonyl (C=O) groups is 1. The molecule has 2 atom stereocenters. The van der Waals surface area contributed by atoms with Gasteiger partial charge in [0, 0.05) is 11.5 Å². The van der Waals surface area contributed by atoms with Gasteiger partial charge < -0.3 is 14.8 Å². The Morgan fingerprint density at radius 3 is 2.39 bits per heavy atom. The summed E-state index contributed by atoms with van der Waals surface area (Å²) < 4.78 is 11.0. The quantitative estimate of drug-likeness (QED) is 0.870. The van der Waals surface area contributed by atoms with Gasteiger partial charge in [0.1, 0.15) is 11.5 Å². The van der Waals surface area contributed by atoms with Crippen LogP contribution in [0.1, 0.15) is 18.1 Å². The first-order chi connectivity index (χ1) is 11.2. The molecule has 0 aromatic heterocycles. The third kappa shape index (κ3) is 2.77. The normalized spacial score (nSPS) is 23.8. The van der Waals surface area contributed by atoms with Crippen LogP contribution in [-0.2, 0) is 11.2 Å². The largest absolute Gasteiger partial charge is 0.496 e. The maximum Gasteiger partial charge on any atom is 0.248 e. The van der Waals surface area contributed by atoms with Gasteiger partial charge in [-0.2, -0.15) is 0 Å². The average Bonchev–Trinajstić information content (AvgIpc) is 2.90. The first-order valence-electron chi connectivity index (χ1n) is 7.80. The molecule has 1 aromatic carbocycles. The average molecular weight is 311 g/mol. The molecular formula is C19H21NO3. The van der Waals surface area contributed by atoms with Crippen molar-refractivity contribution in [2.45, 2.75) is 19.4 Å². The fourth-order valence-electron chi connectivity index (χ4n) is 3.08. The molecule has 1 saturated heterocycles. The lowest BCUT2D eigenvalue weighted by Crippen LogP contribution is -2.26. The number of hydrogen-bond donors (Lipinski definition) is 1. The lowest BCUT2D eigenvalue weighted by atomic mass is 9.90. The second-order valence-electron chi connectivity index (χ2n) is 5.66. The van der Waals surface area contributed by atoms with Gasteiger partial charge in [-0.25, -0.2) is 0 Å². The number of aryl methyl sites for hydroxylation is 1. The van der Waals surface area contributed by atoms with Crippen molar-refractivity contribution in [3.8, 4) is 11.5 Å². The molecular weight excluding hydrogens is 290 g/mol. The fourth-order valence-corrected chi connectivity index (χ4v) is 3.08. The number of methoxy groups -OCH3 is 2. The number of hydrogen-bond acceptors (Lipinski definition) is 3. The topological polar surface area (TPSA) is 47.6 Å². The molecule has 0 saturated carbocycles. The van der Waals surface area contributed by atoms with Crippen molar-refractivity contribution < 1.29 is 14.3 Å². The summed E-state index contributed by atoms with van der Waals surface area (Å²) in [5.41, 5.74) is 2.67. The summed E-state index contributed by atoms with van der Waals surface area (Å²) in [7, 11) is 3.27. The van der Waals surface area contributed by atoms with E-state index in [0.29, 0.717) is 0 Å². The number of nitrogens with one attached hydrogen (secondary N) is 1. The maximum absolute atomic E-state index is 12.3. The van der Waals surface area contributed by atoms with Gasteiger partial charge in [-0.15, -0.1) is 0 Å². The zero-order valence-electron chi connectivity index (χ0n) is 13.6. The van der Waals surface area contributed by atoms with Gasteiger partial charge >= 0.3 is 0 Å². The van der Waals surface area contributed by atoms with Gasteiger partial charge in [-0.1, -0.05) is 31.2 Å². The van der Waals surface area contributed by atoms with E-state index < -0.39 is 0 Å². The summed E-state index contributed by atoms with van der Waals surface area (Å²) in [5.74, 6) is 1.45. The molecule has 3 rings (SSSR count). The van der Waals surface area contributed by atoms with E-state index in [9.17, 15) is 4.79 Å². The molecule has 0 bridgehead atoms.